The van der Waals surface area contributed by atoms with Gasteiger partial charge in [0.2, 0.25) is 0 Å². The van der Waals surface area contributed by atoms with Gasteiger partial charge in [0, 0.05) is 5.41 Å². The van der Waals surface area contributed by atoms with Gasteiger partial charge >= 0.3 is 6.09 Å². The van der Waals surface area contributed by atoms with Gasteiger partial charge < -0.3 is 10.1 Å². The Balaban J connectivity index is 2.28. The number of carbonyl (C=O) groups is 1. The molecule has 1 aromatic rings. The number of amides is 1. The van der Waals surface area contributed by atoms with E-state index in [1.165, 1.54) is 5.56 Å². The number of rotatable bonds is 1. The lowest BCUT2D eigenvalue weighted by Crippen LogP contribution is -2.46. The minimum absolute atomic E-state index is 0.00256. The SMILES string of the molecule is CC(C)(C)c1ccc([C@H]2NC(=O)OCC2(C)C)cc1. The van der Waals surface area contributed by atoms with E-state index in [1.807, 2.05) is 0 Å². The highest BCUT2D eigenvalue weighted by atomic mass is 16.6. The Labute approximate surface area is 115 Å². The second kappa shape index (κ2) is 4.55. The standard InChI is InChI=1S/C16H23NO2/c1-15(2,3)12-8-6-11(7-9-12)13-16(4,5)10-19-14(18)17-13/h6-9,13H,10H2,1-5H3,(H,17,18)/t13-/m1/s1. The summed E-state index contributed by atoms with van der Waals surface area (Å²) in [5.41, 5.74) is 2.48. The van der Waals surface area contributed by atoms with Crippen molar-refractivity contribution in [2.24, 2.45) is 5.41 Å². The summed E-state index contributed by atoms with van der Waals surface area (Å²) < 4.78 is 5.07. The van der Waals surface area contributed by atoms with Crippen molar-refractivity contribution in [2.45, 2.75) is 46.1 Å². The molecule has 0 spiro atoms. The predicted octanol–water partition coefficient (Wildman–Crippen LogP) is 3.79. The second-order valence-electron chi connectivity index (χ2n) is 7.01. The summed E-state index contributed by atoms with van der Waals surface area (Å²) in [5.74, 6) is 0. The van der Waals surface area contributed by atoms with Crippen LogP contribution in [0.2, 0.25) is 0 Å². The third-order valence-corrected chi connectivity index (χ3v) is 3.73. The van der Waals surface area contributed by atoms with Crippen LogP contribution in [-0.2, 0) is 10.2 Å². The number of carbonyl (C=O) groups excluding carboxylic acids is 1. The van der Waals surface area contributed by atoms with Crippen molar-refractivity contribution in [2.75, 3.05) is 6.61 Å². The van der Waals surface area contributed by atoms with E-state index in [4.69, 9.17) is 4.74 Å². The fraction of sp³-hybridized carbons (Fsp3) is 0.562. The molecule has 1 N–H and O–H groups in total. The van der Waals surface area contributed by atoms with Gasteiger partial charge in [0.1, 0.15) is 6.61 Å². The predicted molar refractivity (Wildman–Crippen MR) is 76.1 cm³/mol. The first-order valence-corrected chi connectivity index (χ1v) is 6.74. The molecule has 3 nitrogen and oxygen atoms in total. The van der Waals surface area contributed by atoms with Crippen LogP contribution in [0.1, 0.15) is 51.8 Å². The molecule has 1 atom stereocenters. The molecule has 1 aromatic carbocycles. The highest BCUT2D eigenvalue weighted by molar-refractivity contribution is 5.69. The van der Waals surface area contributed by atoms with Gasteiger partial charge in [0.25, 0.3) is 0 Å². The summed E-state index contributed by atoms with van der Waals surface area (Å²) in [4.78, 5) is 11.4. The highest BCUT2D eigenvalue weighted by Crippen LogP contribution is 2.37. The van der Waals surface area contributed by atoms with Crippen molar-refractivity contribution in [3.63, 3.8) is 0 Å². The van der Waals surface area contributed by atoms with E-state index in [-0.39, 0.29) is 23.0 Å². The first-order valence-electron chi connectivity index (χ1n) is 6.74. The maximum Gasteiger partial charge on any atom is 0.407 e. The molecule has 1 heterocycles. The van der Waals surface area contributed by atoms with Crippen LogP contribution in [-0.4, -0.2) is 12.7 Å². The van der Waals surface area contributed by atoms with E-state index in [0.29, 0.717) is 6.61 Å². The van der Waals surface area contributed by atoms with Crippen molar-refractivity contribution in [1.82, 2.24) is 5.32 Å². The van der Waals surface area contributed by atoms with Gasteiger partial charge in [-0.1, -0.05) is 58.9 Å². The number of nitrogens with one attached hydrogen (secondary N) is 1. The van der Waals surface area contributed by atoms with E-state index in [9.17, 15) is 4.79 Å². The molecule has 1 saturated heterocycles. The van der Waals surface area contributed by atoms with Crippen LogP contribution in [0, 0.1) is 5.41 Å². The molecule has 0 unspecified atom stereocenters. The molecule has 3 heteroatoms. The zero-order valence-corrected chi connectivity index (χ0v) is 12.4. The Morgan fingerprint density at radius 3 is 2.32 bits per heavy atom. The Bertz CT molecular complexity index is 469. The second-order valence-corrected chi connectivity index (χ2v) is 7.01. The van der Waals surface area contributed by atoms with Gasteiger partial charge in [-0.2, -0.15) is 0 Å². The summed E-state index contributed by atoms with van der Waals surface area (Å²) in [7, 11) is 0. The third-order valence-electron chi connectivity index (χ3n) is 3.73. The number of alkyl carbamates (subject to hydrolysis) is 1. The largest absolute Gasteiger partial charge is 0.449 e. The van der Waals surface area contributed by atoms with Crippen LogP contribution in [0.3, 0.4) is 0 Å². The van der Waals surface area contributed by atoms with E-state index >= 15 is 0 Å². The fourth-order valence-corrected chi connectivity index (χ4v) is 2.40. The van der Waals surface area contributed by atoms with Gasteiger partial charge in [0.05, 0.1) is 6.04 Å². The first-order chi connectivity index (χ1) is 8.70. The van der Waals surface area contributed by atoms with Crippen LogP contribution < -0.4 is 5.32 Å². The number of hydrogen-bond donors (Lipinski definition) is 1. The van der Waals surface area contributed by atoms with Gasteiger partial charge in [0.15, 0.2) is 0 Å². The van der Waals surface area contributed by atoms with Gasteiger partial charge in [-0.15, -0.1) is 0 Å². The highest BCUT2D eigenvalue weighted by Gasteiger charge is 2.37. The molecule has 0 aliphatic carbocycles. The van der Waals surface area contributed by atoms with E-state index in [0.717, 1.165) is 5.56 Å². The van der Waals surface area contributed by atoms with Crippen molar-refractivity contribution < 1.29 is 9.53 Å². The van der Waals surface area contributed by atoms with E-state index in [2.05, 4.69) is 64.2 Å². The summed E-state index contributed by atoms with van der Waals surface area (Å²) >= 11 is 0. The van der Waals surface area contributed by atoms with Crippen molar-refractivity contribution in [3.8, 4) is 0 Å². The van der Waals surface area contributed by atoms with Crippen molar-refractivity contribution >= 4 is 6.09 Å². The lowest BCUT2D eigenvalue weighted by molar-refractivity contribution is 0.0387. The van der Waals surface area contributed by atoms with Crippen LogP contribution in [0.25, 0.3) is 0 Å². The minimum atomic E-state index is -0.329. The quantitative estimate of drug-likeness (QED) is 0.835. The molecular formula is C16H23NO2. The number of benzene rings is 1. The molecular weight excluding hydrogens is 238 g/mol. The molecule has 0 aromatic heterocycles. The molecule has 104 valence electrons. The normalized spacial score (nSPS) is 22.6. The summed E-state index contributed by atoms with van der Waals surface area (Å²) in [5, 5.41) is 2.92. The average molecular weight is 261 g/mol. The molecule has 19 heavy (non-hydrogen) atoms. The number of cyclic esters (lactones) is 1. The molecule has 2 rings (SSSR count). The lowest BCUT2D eigenvalue weighted by Gasteiger charge is -2.38. The third kappa shape index (κ3) is 2.91. The van der Waals surface area contributed by atoms with Gasteiger partial charge in [-0.25, -0.2) is 4.79 Å². The average Bonchev–Trinajstić information content (AvgIpc) is 2.31. The number of ether oxygens (including phenoxy) is 1. The van der Waals surface area contributed by atoms with Gasteiger partial charge in [-0.3, -0.25) is 0 Å². The Morgan fingerprint density at radius 1 is 1.21 bits per heavy atom. The molecule has 1 amide bonds. The Kier molecular flexibility index (Phi) is 3.33. The molecule has 1 aliphatic rings. The maximum atomic E-state index is 11.4. The minimum Gasteiger partial charge on any atom is -0.449 e. The van der Waals surface area contributed by atoms with Gasteiger partial charge in [-0.05, 0) is 16.5 Å². The molecule has 0 bridgehead atoms. The van der Waals surface area contributed by atoms with E-state index in [1.54, 1.807) is 0 Å². The van der Waals surface area contributed by atoms with Crippen LogP contribution >= 0.6 is 0 Å². The van der Waals surface area contributed by atoms with Crippen LogP contribution in [0.15, 0.2) is 24.3 Å². The molecule has 1 fully saturated rings. The maximum absolute atomic E-state index is 11.4. The Morgan fingerprint density at radius 2 is 1.79 bits per heavy atom. The van der Waals surface area contributed by atoms with Crippen molar-refractivity contribution in [3.05, 3.63) is 35.4 Å². The Hall–Kier alpha value is -1.51. The van der Waals surface area contributed by atoms with Crippen LogP contribution in [0.5, 0.6) is 0 Å². The van der Waals surface area contributed by atoms with Crippen LogP contribution in [0.4, 0.5) is 4.79 Å². The first kappa shape index (κ1) is 13.9. The number of hydrogen-bond acceptors (Lipinski definition) is 2. The zero-order valence-electron chi connectivity index (χ0n) is 12.4. The molecule has 0 radical (unpaired) electrons. The molecule has 0 saturated carbocycles. The summed E-state index contributed by atoms with van der Waals surface area (Å²) in [6.07, 6.45) is -0.329. The lowest BCUT2D eigenvalue weighted by atomic mass is 9.79. The topological polar surface area (TPSA) is 38.3 Å². The monoisotopic (exact) mass is 261 g/mol. The summed E-state index contributed by atoms with van der Waals surface area (Å²) in [6.45, 7) is 11.3. The summed E-state index contributed by atoms with van der Waals surface area (Å²) in [6, 6.07) is 8.51. The van der Waals surface area contributed by atoms with E-state index < -0.39 is 0 Å². The zero-order chi connectivity index (χ0) is 14.3. The molecule has 1 aliphatic heterocycles. The van der Waals surface area contributed by atoms with Crippen molar-refractivity contribution in [1.29, 1.82) is 0 Å². The smallest absolute Gasteiger partial charge is 0.407 e. The fourth-order valence-electron chi connectivity index (χ4n) is 2.40.